The van der Waals surface area contributed by atoms with E-state index in [0.29, 0.717) is 37.6 Å². The Balaban J connectivity index is 1.70. The van der Waals surface area contributed by atoms with Gasteiger partial charge in [0.1, 0.15) is 6.04 Å². The van der Waals surface area contributed by atoms with Crippen LogP contribution in [0.3, 0.4) is 0 Å². The third kappa shape index (κ3) is 7.37. The molecule has 0 spiro atoms. The predicted octanol–water partition coefficient (Wildman–Crippen LogP) is 1.91. The van der Waals surface area contributed by atoms with E-state index >= 15 is 0 Å². The highest BCUT2D eigenvalue weighted by molar-refractivity contribution is 6.48. The van der Waals surface area contributed by atoms with Crippen LogP contribution in [0, 0.1) is 28.6 Å². The van der Waals surface area contributed by atoms with Crippen LogP contribution in [-0.2, 0) is 28.4 Å². The fourth-order valence-electron chi connectivity index (χ4n) is 6.53. The van der Waals surface area contributed by atoms with Gasteiger partial charge in [-0.3, -0.25) is 15.0 Å². The predicted molar refractivity (Wildman–Crippen MR) is 153 cm³/mol. The van der Waals surface area contributed by atoms with E-state index in [0.717, 1.165) is 25.0 Å². The Hall–Kier alpha value is -2.60. The molecule has 4 rings (SSSR count). The summed E-state index contributed by atoms with van der Waals surface area (Å²) in [4.78, 5) is 37.8. The van der Waals surface area contributed by atoms with Crippen molar-refractivity contribution in [1.29, 1.82) is 5.41 Å². The van der Waals surface area contributed by atoms with Crippen LogP contribution in [-0.4, -0.2) is 74.7 Å². The van der Waals surface area contributed by atoms with Crippen LogP contribution < -0.4 is 21.3 Å². The average molecular weight is 562 g/mol. The number of carbonyl (C=O) groups is 3. The summed E-state index contributed by atoms with van der Waals surface area (Å²) in [6.07, 6.45) is 5.71. The van der Waals surface area contributed by atoms with E-state index in [2.05, 4.69) is 55.9 Å². The summed E-state index contributed by atoms with van der Waals surface area (Å²) in [5.41, 5.74) is -0.178. The van der Waals surface area contributed by atoms with Crippen molar-refractivity contribution in [3.8, 4) is 0 Å². The minimum atomic E-state index is -0.856. The van der Waals surface area contributed by atoms with Gasteiger partial charge in [0.25, 0.3) is 0 Å². The van der Waals surface area contributed by atoms with Gasteiger partial charge in [0, 0.05) is 25.7 Å². The summed E-state index contributed by atoms with van der Waals surface area (Å²) in [5.74, 6) is -0.455. The third-order valence-electron chi connectivity index (χ3n) is 8.86. The first-order valence-electron chi connectivity index (χ1n) is 14.6. The molecule has 4 fully saturated rings. The van der Waals surface area contributed by atoms with E-state index in [1.165, 1.54) is 0 Å². The number of nitrogens with one attached hydrogen (secondary N) is 5. The van der Waals surface area contributed by atoms with Crippen LogP contribution in [0.15, 0.2) is 12.2 Å². The molecule has 2 amide bonds. The van der Waals surface area contributed by atoms with Crippen LogP contribution in [0.25, 0.3) is 0 Å². The number of esters is 1. The monoisotopic (exact) mass is 561 g/mol. The quantitative estimate of drug-likeness (QED) is 0.0572. The van der Waals surface area contributed by atoms with Gasteiger partial charge in [0.05, 0.1) is 24.3 Å². The highest BCUT2D eigenvalue weighted by atomic mass is 16.7. The zero-order chi connectivity index (χ0) is 29.7. The Kier molecular flexibility index (Phi) is 10.7. The zero-order valence-electron chi connectivity index (χ0n) is 25.1. The van der Waals surface area contributed by atoms with E-state index in [1.54, 1.807) is 14.0 Å². The first-order chi connectivity index (χ1) is 18.8. The van der Waals surface area contributed by atoms with E-state index < -0.39 is 30.6 Å². The molecular formula is C28H48BN5O6. The molecule has 5 N–H and O–H groups in total. The van der Waals surface area contributed by atoms with Crippen LogP contribution >= 0.6 is 0 Å². The van der Waals surface area contributed by atoms with Crippen molar-refractivity contribution in [2.75, 3.05) is 20.2 Å². The topological polar surface area (TPSA) is 151 Å². The molecule has 0 aromatic carbocycles. The molecule has 1 aliphatic heterocycles. The maximum atomic E-state index is 13.6. The first-order valence-corrected chi connectivity index (χ1v) is 14.6. The number of hydrogen-bond donors (Lipinski definition) is 5. The number of hydrogen-bond acceptors (Lipinski definition) is 7. The van der Waals surface area contributed by atoms with Gasteiger partial charge in [0.2, 0.25) is 11.8 Å². The lowest BCUT2D eigenvalue weighted by Crippen LogP contribution is -2.65. The second-order valence-electron chi connectivity index (χ2n) is 12.4. The number of guanidine groups is 1. The second kappa shape index (κ2) is 13.4. The summed E-state index contributed by atoms with van der Waals surface area (Å²) in [7, 11) is 1.07. The number of amides is 2. The van der Waals surface area contributed by atoms with Crippen LogP contribution in [0.2, 0.25) is 0 Å². The van der Waals surface area contributed by atoms with Gasteiger partial charge in [-0.2, -0.15) is 0 Å². The van der Waals surface area contributed by atoms with E-state index in [9.17, 15) is 14.4 Å². The van der Waals surface area contributed by atoms with Crippen molar-refractivity contribution in [3.05, 3.63) is 12.2 Å². The number of rotatable bonds is 13. The minimum Gasteiger partial charge on any atom is -0.463 e. The highest BCUT2D eigenvalue weighted by Crippen LogP contribution is 2.65. The van der Waals surface area contributed by atoms with Crippen molar-refractivity contribution < 1.29 is 28.4 Å². The summed E-state index contributed by atoms with van der Waals surface area (Å²) in [6.45, 7) is 13.3. The zero-order valence-corrected chi connectivity index (χ0v) is 25.1. The van der Waals surface area contributed by atoms with Crippen LogP contribution in [0.5, 0.6) is 0 Å². The molecule has 1 heterocycles. The molecule has 0 unspecified atom stereocenters. The summed E-state index contributed by atoms with van der Waals surface area (Å²) in [6, 6.07) is -0.856. The minimum absolute atomic E-state index is 0.00193. The fraction of sp³-hybridized carbons (Fsp3) is 0.786. The molecule has 4 aliphatic rings. The van der Waals surface area contributed by atoms with Gasteiger partial charge in [-0.25, -0.2) is 4.79 Å². The lowest BCUT2D eigenvalue weighted by Gasteiger charge is -2.64. The number of carbonyl (C=O) groups excluding carboxylic acids is 3. The summed E-state index contributed by atoms with van der Waals surface area (Å²) >= 11 is 0. The molecular weight excluding hydrogens is 513 g/mol. The largest absolute Gasteiger partial charge is 0.481 e. The Bertz CT molecular complexity index is 975. The van der Waals surface area contributed by atoms with Gasteiger partial charge >= 0.3 is 13.1 Å². The Morgan fingerprint density at radius 1 is 1.15 bits per heavy atom. The molecule has 0 radical (unpaired) electrons. The molecule has 6 atom stereocenters. The molecule has 1 saturated heterocycles. The van der Waals surface area contributed by atoms with E-state index in [-0.39, 0.29) is 41.9 Å². The third-order valence-corrected chi connectivity index (χ3v) is 8.86. The summed E-state index contributed by atoms with van der Waals surface area (Å²) < 4.78 is 18.0. The maximum absolute atomic E-state index is 13.6. The Labute approximate surface area is 238 Å². The van der Waals surface area contributed by atoms with E-state index in [1.807, 2.05) is 0 Å². The highest BCUT2D eigenvalue weighted by Gasteiger charge is 2.68. The molecule has 0 aromatic heterocycles. The Morgan fingerprint density at radius 2 is 1.88 bits per heavy atom. The van der Waals surface area contributed by atoms with Crippen LogP contribution in [0.4, 0.5) is 0 Å². The standard InChI is InChI=1S/C28H48BN5O6/c1-8-38-24(36)12-11-23(35)33-19(10-9-13-32-26(30)31-7)25(37)34-22(14-17(2)3)29-39-21-16-18-15-20(27(18,4)5)28(21,6)40-29/h11-12,17-22H,8-10,13-16H2,1-7H3,(H,33,35)(H,34,37)(H3,30,31,32)/b12-11+/t18-,19-,20-,21+,22-,28-/m0/s1. The molecule has 3 saturated carbocycles. The number of ether oxygens (including phenoxy) is 1. The molecule has 40 heavy (non-hydrogen) atoms. The van der Waals surface area contributed by atoms with Gasteiger partial charge in [-0.1, -0.05) is 27.7 Å². The molecule has 2 bridgehead atoms. The molecule has 12 heteroatoms. The van der Waals surface area contributed by atoms with Gasteiger partial charge < -0.3 is 35.3 Å². The van der Waals surface area contributed by atoms with Crippen molar-refractivity contribution in [2.45, 2.75) is 97.3 Å². The van der Waals surface area contributed by atoms with Gasteiger partial charge in [-0.15, -0.1) is 0 Å². The lowest BCUT2D eigenvalue weighted by atomic mass is 9.43. The maximum Gasteiger partial charge on any atom is 0.481 e. The first kappa shape index (κ1) is 31.9. The fourth-order valence-corrected chi connectivity index (χ4v) is 6.53. The second-order valence-corrected chi connectivity index (χ2v) is 12.4. The van der Waals surface area contributed by atoms with Crippen molar-refractivity contribution in [2.24, 2.45) is 23.2 Å². The van der Waals surface area contributed by atoms with E-state index in [4.69, 9.17) is 19.5 Å². The Morgan fingerprint density at radius 3 is 2.50 bits per heavy atom. The normalized spacial score (nSPS) is 27.8. The van der Waals surface area contributed by atoms with Crippen molar-refractivity contribution in [1.82, 2.24) is 21.3 Å². The summed E-state index contributed by atoms with van der Waals surface area (Å²) in [5, 5.41) is 19.1. The SMILES string of the molecule is CCOC(=O)/C=C/C(=O)N[C@@H](CCCNC(=N)NC)C(=O)N[C@@H](CC(C)C)B1O[C@@H]2C[C@@H]3C[C@@H](C3(C)C)[C@]2(C)O1. The molecule has 0 aromatic rings. The van der Waals surface area contributed by atoms with Crippen molar-refractivity contribution in [3.63, 3.8) is 0 Å². The van der Waals surface area contributed by atoms with Crippen LogP contribution in [0.1, 0.15) is 73.6 Å². The lowest BCUT2D eigenvalue weighted by molar-refractivity contribution is -0.199. The molecule has 11 nitrogen and oxygen atoms in total. The van der Waals surface area contributed by atoms with Gasteiger partial charge in [-0.05, 0) is 69.1 Å². The van der Waals surface area contributed by atoms with Crippen molar-refractivity contribution >= 4 is 30.9 Å². The molecule has 224 valence electrons. The molecule has 3 aliphatic carbocycles. The smallest absolute Gasteiger partial charge is 0.463 e. The average Bonchev–Trinajstić information content (AvgIpc) is 3.25. The van der Waals surface area contributed by atoms with Gasteiger partial charge in [0.15, 0.2) is 5.96 Å².